The van der Waals surface area contributed by atoms with Gasteiger partial charge in [-0.2, -0.15) is 0 Å². The highest BCUT2D eigenvalue weighted by molar-refractivity contribution is 6.19. The van der Waals surface area contributed by atoms with E-state index in [-0.39, 0.29) is 30.0 Å². The lowest BCUT2D eigenvalue weighted by Crippen LogP contribution is -2.16. The predicted octanol–water partition coefficient (Wildman–Crippen LogP) is 6.43. The quantitative estimate of drug-likeness (QED) is 0.0753. The first kappa shape index (κ1) is 30.7. The monoisotopic (exact) mass is 647 g/mol. The molecule has 0 saturated carbocycles. The fraction of sp³-hybridized carbons (Fsp3) is 0.281. The number of amides is 1. The van der Waals surface area contributed by atoms with E-state index in [1.54, 1.807) is 18.2 Å². The number of aromatic amines is 1. The summed E-state index contributed by atoms with van der Waals surface area (Å²) in [5, 5.41) is 16.3. The Morgan fingerprint density at radius 3 is 2.50 bits per heavy atom. The Kier molecular flexibility index (Phi) is 8.17. The van der Waals surface area contributed by atoms with E-state index in [0.29, 0.717) is 51.8 Å². The van der Waals surface area contributed by atoms with Gasteiger partial charge in [0, 0.05) is 22.6 Å². The molecule has 0 radical (unpaired) electrons. The number of ether oxygens (including phenoxy) is 4. The van der Waals surface area contributed by atoms with Crippen molar-refractivity contribution in [3.8, 4) is 17.2 Å². The first-order chi connectivity index (χ1) is 22.2. The molecule has 14 heteroatoms. The van der Waals surface area contributed by atoms with Gasteiger partial charge in [-0.1, -0.05) is 24.3 Å². The van der Waals surface area contributed by atoms with Crippen molar-refractivity contribution in [3.05, 3.63) is 81.4 Å². The highest BCUT2D eigenvalue weighted by Crippen LogP contribution is 2.50. The average molecular weight is 648 g/mol. The Labute approximate surface area is 267 Å². The second-order valence-electron chi connectivity index (χ2n) is 10.8. The normalized spacial score (nSPS) is 15.5. The first-order valence-electron chi connectivity index (χ1n) is 14.3. The lowest BCUT2D eigenvalue weighted by molar-refractivity contribution is -0.391. The average Bonchev–Trinajstić information content (AvgIpc) is 3.77. The number of hydrogen-bond acceptors (Lipinski definition) is 9. The minimum atomic E-state index is -0.781. The number of anilines is 1. The predicted molar refractivity (Wildman–Crippen MR) is 171 cm³/mol. The molecular weight excluding hydrogens is 618 g/mol. The van der Waals surface area contributed by atoms with Crippen LogP contribution in [-0.4, -0.2) is 58.5 Å². The highest BCUT2D eigenvalue weighted by Gasteiger charge is 2.38. The number of methoxy groups -OCH3 is 3. The van der Waals surface area contributed by atoms with Gasteiger partial charge in [-0.25, -0.2) is 14.3 Å². The van der Waals surface area contributed by atoms with Gasteiger partial charge in [0.15, 0.2) is 23.9 Å². The lowest BCUT2D eigenvalue weighted by Gasteiger charge is -2.16. The minimum absolute atomic E-state index is 0.102. The van der Waals surface area contributed by atoms with Crippen LogP contribution in [0.3, 0.4) is 0 Å². The van der Waals surface area contributed by atoms with Crippen molar-refractivity contribution in [1.82, 2.24) is 14.5 Å². The van der Waals surface area contributed by atoms with Crippen molar-refractivity contribution in [2.45, 2.75) is 24.9 Å². The molecule has 0 saturated heterocycles. The zero-order valence-corrected chi connectivity index (χ0v) is 26.1. The Balaban J connectivity index is 1.35. The summed E-state index contributed by atoms with van der Waals surface area (Å²) in [6.45, 7) is -0.284. The number of ketones is 1. The summed E-state index contributed by atoms with van der Waals surface area (Å²) in [5.41, 5.74) is 3.13. The van der Waals surface area contributed by atoms with Crippen LogP contribution in [0.25, 0.3) is 21.7 Å². The number of nitro groups is 1. The van der Waals surface area contributed by atoms with Gasteiger partial charge < -0.3 is 34.0 Å². The molecule has 238 valence electrons. The van der Waals surface area contributed by atoms with Crippen LogP contribution in [0.4, 0.5) is 16.3 Å². The van der Waals surface area contributed by atoms with Crippen LogP contribution < -0.4 is 19.5 Å². The second kappa shape index (κ2) is 12.2. The van der Waals surface area contributed by atoms with Crippen LogP contribution in [0.1, 0.15) is 45.7 Å². The third-order valence-electron chi connectivity index (χ3n) is 8.43. The second-order valence-corrected chi connectivity index (χ2v) is 11.1. The Morgan fingerprint density at radius 2 is 1.85 bits per heavy atom. The Morgan fingerprint density at radius 1 is 1.11 bits per heavy atom. The summed E-state index contributed by atoms with van der Waals surface area (Å²) in [6.07, 6.45) is 0.800. The van der Waals surface area contributed by atoms with Crippen molar-refractivity contribution in [2.75, 3.05) is 32.5 Å². The smallest absolute Gasteiger partial charge is 0.412 e. The van der Waals surface area contributed by atoms with Crippen LogP contribution >= 0.6 is 11.6 Å². The van der Waals surface area contributed by atoms with E-state index < -0.39 is 16.9 Å². The SMILES string of the molecule is COc1cc2cc(C(=O)C3CC(CCl)c4c3cc(NC(=O)OCc3ncc([N+](=O)[O-])n3C)c3ccccc43)[nH]c2c(OC)c1OC. The largest absolute Gasteiger partial charge is 0.493 e. The number of halogens is 1. The Bertz CT molecular complexity index is 2020. The van der Waals surface area contributed by atoms with E-state index in [2.05, 4.69) is 15.3 Å². The molecule has 0 fully saturated rings. The van der Waals surface area contributed by atoms with Gasteiger partial charge in [0.2, 0.25) is 11.6 Å². The zero-order valence-electron chi connectivity index (χ0n) is 25.4. The Hall–Kier alpha value is -5.30. The molecule has 46 heavy (non-hydrogen) atoms. The van der Waals surface area contributed by atoms with Crippen molar-refractivity contribution in [1.29, 1.82) is 0 Å². The number of nitrogens with zero attached hydrogens (tertiary/aromatic N) is 3. The number of imidazole rings is 1. The molecular formula is C32H30ClN5O8. The number of hydrogen-bond donors (Lipinski definition) is 2. The van der Waals surface area contributed by atoms with Gasteiger partial charge >= 0.3 is 11.9 Å². The van der Waals surface area contributed by atoms with Crippen LogP contribution in [0, 0.1) is 10.1 Å². The zero-order chi connectivity index (χ0) is 32.7. The summed E-state index contributed by atoms with van der Waals surface area (Å²) >= 11 is 6.48. The molecule has 2 heterocycles. The number of fused-ring (bicyclic) bond motifs is 4. The van der Waals surface area contributed by atoms with Crippen molar-refractivity contribution in [3.63, 3.8) is 0 Å². The fourth-order valence-corrected chi connectivity index (χ4v) is 6.55. The molecule has 6 rings (SSSR count). The summed E-state index contributed by atoms with van der Waals surface area (Å²) in [4.78, 5) is 45.0. The molecule has 2 atom stereocenters. The van der Waals surface area contributed by atoms with Gasteiger partial charge in [0.1, 0.15) is 6.20 Å². The number of nitrogens with one attached hydrogen (secondary N) is 2. The topological polar surface area (TPSA) is 160 Å². The number of Topliss-reactive ketones (excluding diaryl/α,β-unsaturated/α-hetero) is 1. The van der Waals surface area contributed by atoms with Gasteiger partial charge in [-0.3, -0.25) is 10.1 Å². The molecule has 2 unspecified atom stereocenters. The fourth-order valence-electron chi connectivity index (χ4n) is 6.27. The maximum absolute atomic E-state index is 14.2. The highest BCUT2D eigenvalue weighted by atomic mass is 35.5. The van der Waals surface area contributed by atoms with Gasteiger partial charge in [0.25, 0.3) is 0 Å². The van der Waals surface area contributed by atoms with Crippen molar-refractivity contribution < 1.29 is 33.5 Å². The van der Waals surface area contributed by atoms with E-state index in [0.717, 1.165) is 28.1 Å². The standard InChI is InChI=1S/C32H30ClN5O8/c1-37-25(34-14-26(37)38(41)42)15-46-32(40)36-22-12-20-21(9-17(13-33)27(20)19-8-6-5-7-18(19)22)29(39)23-10-16-11-24(43-2)30(44-3)31(45-4)28(16)35-23/h5-8,10-12,14,17,21,35H,9,13,15H2,1-4H3,(H,36,40). The van der Waals surface area contributed by atoms with Crippen LogP contribution in [0.15, 0.2) is 48.7 Å². The summed E-state index contributed by atoms with van der Waals surface area (Å²) in [6, 6.07) is 12.9. The number of benzene rings is 3. The first-order valence-corrected chi connectivity index (χ1v) is 14.8. The van der Waals surface area contributed by atoms with Gasteiger partial charge in [0.05, 0.1) is 45.3 Å². The van der Waals surface area contributed by atoms with Crippen LogP contribution in [0.2, 0.25) is 0 Å². The van der Waals surface area contributed by atoms with E-state index in [1.165, 1.54) is 32.9 Å². The minimum Gasteiger partial charge on any atom is -0.493 e. The van der Waals surface area contributed by atoms with Gasteiger partial charge in [-0.05, 0) is 52.0 Å². The van der Waals surface area contributed by atoms with E-state index in [9.17, 15) is 19.7 Å². The third-order valence-corrected chi connectivity index (χ3v) is 8.80. The van der Waals surface area contributed by atoms with Crippen molar-refractivity contribution >= 4 is 56.7 Å². The van der Waals surface area contributed by atoms with E-state index >= 15 is 0 Å². The van der Waals surface area contributed by atoms with E-state index in [4.69, 9.17) is 30.5 Å². The molecule has 2 N–H and O–H groups in total. The number of alkyl halides is 1. The molecule has 3 aromatic carbocycles. The number of rotatable bonds is 10. The maximum atomic E-state index is 14.2. The van der Waals surface area contributed by atoms with Crippen LogP contribution in [-0.2, 0) is 18.4 Å². The number of carbonyl (C=O) groups is 2. The lowest BCUT2D eigenvalue weighted by atomic mass is 9.91. The molecule has 0 spiro atoms. The number of H-pyrrole nitrogens is 1. The number of carbonyl (C=O) groups excluding carboxylic acids is 2. The van der Waals surface area contributed by atoms with Crippen LogP contribution in [0.5, 0.6) is 17.2 Å². The molecule has 0 bridgehead atoms. The van der Waals surface area contributed by atoms with Gasteiger partial charge in [-0.15, -0.1) is 11.6 Å². The maximum Gasteiger partial charge on any atom is 0.412 e. The molecule has 0 aliphatic heterocycles. The van der Waals surface area contributed by atoms with E-state index in [1.807, 2.05) is 24.3 Å². The molecule has 13 nitrogen and oxygen atoms in total. The third kappa shape index (κ3) is 5.11. The van der Waals surface area contributed by atoms with Crippen molar-refractivity contribution in [2.24, 2.45) is 7.05 Å². The molecule has 5 aromatic rings. The summed E-state index contributed by atoms with van der Waals surface area (Å²) < 4.78 is 23.2. The molecule has 1 amide bonds. The molecule has 1 aliphatic carbocycles. The number of aromatic nitrogens is 3. The molecule has 2 aromatic heterocycles. The summed E-state index contributed by atoms with van der Waals surface area (Å²) in [5.74, 6) is 0.769. The molecule has 1 aliphatic rings. The summed E-state index contributed by atoms with van der Waals surface area (Å²) in [7, 11) is 6.03.